The molecule has 6 heteroatoms. The van der Waals surface area contributed by atoms with Gasteiger partial charge < -0.3 is 28.8 Å². The Morgan fingerprint density at radius 3 is 2.09 bits per heavy atom. The van der Waals surface area contributed by atoms with Crippen molar-refractivity contribution < 1.29 is 28.8 Å². The summed E-state index contributed by atoms with van der Waals surface area (Å²) in [5.41, 5.74) is 1.03. The molecule has 0 aliphatic carbocycles. The molecule has 0 aromatic heterocycles. The zero-order chi connectivity index (χ0) is 22.6. The van der Waals surface area contributed by atoms with Crippen LogP contribution in [0.1, 0.15) is 31.4 Å². The Hall–Kier alpha value is -2.06. The van der Waals surface area contributed by atoms with E-state index in [2.05, 4.69) is 6.58 Å². The lowest BCUT2D eigenvalue weighted by atomic mass is 9.86. The quantitative estimate of drug-likeness (QED) is 0.595. The summed E-state index contributed by atoms with van der Waals surface area (Å²) in [5, 5.41) is 10.9. The molecule has 0 bridgehead atoms. The maximum Gasteiger partial charge on any atom is 0.184 e. The minimum Gasteiger partial charge on any atom is -0.367 e. The highest BCUT2D eigenvalue weighted by molar-refractivity contribution is 5.16. The van der Waals surface area contributed by atoms with E-state index in [4.69, 9.17) is 23.7 Å². The van der Waals surface area contributed by atoms with E-state index < -0.39 is 36.0 Å². The van der Waals surface area contributed by atoms with Gasteiger partial charge in [0.25, 0.3) is 0 Å². The summed E-state index contributed by atoms with van der Waals surface area (Å²) < 4.78 is 30.8. The molecule has 0 spiro atoms. The molecule has 32 heavy (non-hydrogen) atoms. The van der Waals surface area contributed by atoms with Gasteiger partial charge in [-0.3, -0.25) is 0 Å². The van der Waals surface area contributed by atoms with Gasteiger partial charge in [0.2, 0.25) is 0 Å². The lowest BCUT2D eigenvalue weighted by molar-refractivity contribution is -0.222. The number of hydrogen-bond acceptors (Lipinski definition) is 6. The first-order valence-corrected chi connectivity index (χ1v) is 11.0. The van der Waals surface area contributed by atoms with Crippen LogP contribution in [0.3, 0.4) is 0 Å². The van der Waals surface area contributed by atoms with Crippen LogP contribution >= 0.6 is 0 Å². The van der Waals surface area contributed by atoms with E-state index in [0.717, 1.165) is 11.1 Å². The molecule has 2 aromatic carbocycles. The Kier molecular flexibility index (Phi) is 7.10. The van der Waals surface area contributed by atoms with Crippen molar-refractivity contribution in [3.05, 3.63) is 84.4 Å². The highest BCUT2D eigenvalue weighted by Crippen LogP contribution is 2.45. The normalized spacial score (nSPS) is 31.6. The fraction of sp³-hybridized carbons (Fsp3) is 0.462. The van der Waals surface area contributed by atoms with Gasteiger partial charge in [-0.25, -0.2) is 0 Å². The number of rotatable bonds is 9. The van der Waals surface area contributed by atoms with E-state index in [1.165, 1.54) is 0 Å². The standard InChI is InChI=1S/C26H32O6/c1-4-15-26(21-18-30-25(2,3)31-21)23(29-17-20-13-9-6-10-14-20)22(24(27)32-26)28-16-19-11-7-5-8-12-19/h4-14,21-24,27H,1,15-18H2,2-3H3/t21-,22-,23-,24?,26+/m1/s1. The second-order valence-electron chi connectivity index (χ2n) is 8.75. The van der Waals surface area contributed by atoms with Crippen LogP contribution in [-0.4, -0.2) is 47.7 Å². The van der Waals surface area contributed by atoms with Gasteiger partial charge in [0.15, 0.2) is 12.1 Å². The van der Waals surface area contributed by atoms with Crippen molar-refractivity contribution in [2.45, 2.75) is 69.5 Å². The number of aliphatic hydroxyl groups is 1. The molecular weight excluding hydrogens is 408 g/mol. The summed E-state index contributed by atoms with van der Waals surface area (Å²) in [7, 11) is 0. The van der Waals surface area contributed by atoms with Gasteiger partial charge in [0.05, 0.1) is 19.8 Å². The van der Waals surface area contributed by atoms with E-state index in [0.29, 0.717) is 26.2 Å². The Morgan fingerprint density at radius 1 is 0.969 bits per heavy atom. The number of ether oxygens (including phenoxy) is 5. The van der Waals surface area contributed by atoms with Gasteiger partial charge in [0, 0.05) is 0 Å². The third kappa shape index (κ3) is 4.96. The topological polar surface area (TPSA) is 66.4 Å². The molecule has 6 nitrogen and oxygen atoms in total. The van der Waals surface area contributed by atoms with Crippen LogP contribution in [-0.2, 0) is 36.9 Å². The molecule has 2 aliphatic heterocycles. The van der Waals surface area contributed by atoms with Gasteiger partial charge in [0.1, 0.15) is 23.9 Å². The zero-order valence-corrected chi connectivity index (χ0v) is 18.7. The van der Waals surface area contributed by atoms with Crippen molar-refractivity contribution >= 4 is 0 Å². The smallest absolute Gasteiger partial charge is 0.184 e. The van der Waals surface area contributed by atoms with Crippen LogP contribution in [0.25, 0.3) is 0 Å². The first-order chi connectivity index (χ1) is 15.4. The van der Waals surface area contributed by atoms with Crippen LogP contribution in [0, 0.1) is 0 Å². The van der Waals surface area contributed by atoms with Gasteiger partial charge in [-0.15, -0.1) is 6.58 Å². The summed E-state index contributed by atoms with van der Waals surface area (Å²) in [6.45, 7) is 8.65. The molecule has 4 rings (SSSR count). The second kappa shape index (κ2) is 9.83. The van der Waals surface area contributed by atoms with E-state index >= 15 is 0 Å². The molecule has 2 aromatic rings. The van der Waals surface area contributed by atoms with Gasteiger partial charge in [-0.2, -0.15) is 0 Å². The van der Waals surface area contributed by atoms with Gasteiger partial charge in [-0.05, 0) is 31.4 Å². The third-order valence-corrected chi connectivity index (χ3v) is 5.98. The van der Waals surface area contributed by atoms with E-state index in [9.17, 15) is 5.11 Å². The molecule has 2 heterocycles. The fourth-order valence-corrected chi connectivity index (χ4v) is 4.43. The highest BCUT2D eigenvalue weighted by Gasteiger charge is 2.62. The van der Waals surface area contributed by atoms with Crippen LogP contribution in [0.4, 0.5) is 0 Å². The minimum absolute atomic E-state index is 0.324. The number of aliphatic hydroxyl groups excluding tert-OH is 1. The third-order valence-electron chi connectivity index (χ3n) is 5.98. The molecule has 0 radical (unpaired) electrons. The maximum absolute atomic E-state index is 10.9. The van der Waals surface area contributed by atoms with Crippen molar-refractivity contribution in [3.8, 4) is 0 Å². The molecule has 0 saturated carbocycles. The van der Waals surface area contributed by atoms with Crippen molar-refractivity contribution in [2.24, 2.45) is 0 Å². The van der Waals surface area contributed by atoms with Crippen LogP contribution in [0.2, 0.25) is 0 Å². The predicted molar refractivity (Wildman–Crippen MR) is 120 cm³/mol. The largest absolute Gasteiger partial charge is 0.367 e. The molecule has 2 aliphatic rings. The Labute approximate surface area is 189 Å². The van der Waals surface area contributed by atoms with E-state index in [1.807, 2.05) is 74.5 Å². The second-order valence-corrected chi connectivity index (χ2v) is 8.75. The molecule has 2 saturated heterocycles. The molecule has 1 N–H and O–H groups in total. The molecule has 1 unspecified atom stereocenters. The van der Waals surface area contributed by atoms with Crippen LogP contribution in [0.15, 0.2) is 73.3 Å². The lowest BCUT2D eigenvalue weighted by Crippen LogP contribution is -2.55. The lowest BCUT2D eigenvalue weighted by Gasteiger charge is -2.38. The van der Waals surface area contributed by atoms with Crippen molar-refractivity contribution in [1.29, 1.82) is 0 Å². The molecule has 5 atom stereocenters. The van der Waals surface area contributed by atoms with Gasteiger partial charge >= 0.3 is 0 Å². The molecular formula is C26H32O6. The first-order valence-electron chi connectivity index (χ1n) is 11.0. The van der Waals surface area contributed by atoms with Crippen molar-refractivity contribution in [3.63, 3.8) is 0 Å². The molecule has 0 amide bonds. The minimum atomic E-state index is -1.17. The summed E-state index contributed by atoms with van der Waals surface area (Å²) in [4.78, 5) is 0. The van der Waals surface area contributed by atoms with Crippen molar-refractivity contribution in [2.75, 3.05) is 6.61 Å². The van der Waals surface area contributed by atoms with Crippen LogP contribution in [0.5, 0.6) is 0 Å². The summed E-state index contributed by atoms with van der Waals surface area (Å²) >= 11 is 0. The zero-order valence-electron chi connectivity index (χ0n) is 18.7. The summed E-state index contributed by atoms with van der Waals surface area (Å²) in [6, 6.07) is 19.7. The Balaban J connectivity index is 1.61. The average molecular weight is 441 g/mol. The van der Waals surface area contributed by atoms with Crippen molar-refractivity contribution in [1.82, 2.24) is 0 Å². The number of benzene rings is 2. The van der Waals surface area contributed by atoms with Gasteiger partial charge in [-0.1, -0.05) is 66.7 Å². The fourth-order valence-electron chi connectivity index (χ4n) is 4.43. The average Bonchev–Trinajstić information content (AvgIpc) is 3.29. The summed E-state index contributed by atoms with van der Waals surface area (Å²) in [6.07, 6.45) is -0.741. The maximum atomic E-state index is 10.9. The van der Waals surface area contributed by atoms with Crippen LogP contribution < -0.4 is 0 Å². The Bertz CT molecular complexity index is 870. The molecule has 172 valence electrons. The Morgan fingerprint density at radius 2 is 1.56 bits per heavy atom. The SMILES string of the molecule is C=CC[C@@]1([C@H]2COC(C)(C)O2)OC(O)[C@H](OCc2ccccc2)[C@H]1OCc1ccccc1. The summed E-state index contributed by atoms with van der Waals surface area (Å²) in [5.74, 6) is -0.750. The highest BCUT2D eigenvalue weighted by atomic mass is 16.8. The van der Waals surface area contributed by atoms with E-state index in [-0.39, 0.29) is 0 Å². The van der Waals surface area contributed by atoms with E-state index in [1.54, 1.807) is 6.08 Å². The number of hydrogen-bond donors (Lipinski definition) is 1. The monoisotopic (exact) mass is 440 g/mol. The predicted octanol–water partition coefficient (Wildman–Crippen LogP) is 3.97. The first kappa shape index (κ1) is 23.1. The molecule has 2 fully saturated rings.